The van der Waals surface area contributed by atoms with Crippen LogP contribution in [-0.2, 0) is 11.3 Å². The molecule has 0 atom stereocenters. The Balaban J connectivity index is 1.39. The van der Waals surface area contributed by atoms with E-state index in [2.05, 4.69) is 20.6 Å². The van der Waals surface area contributed by atoms with Gasteiger partial charge in [-0.1, -0.05) is 11.8 Å². The Labute approximate surface area is 167 Å². The van der Waals surface area contributed by atoms with Crippen molar-refractivity contribution in [3.63, 3.8) is 0 Å². The quantitative estimate of drug-likeness (QED) is 0.435. The van der Waals surface area contributed by atoms with Crippen molar-refractivity contribution in [1.82, 2.24) is 25.3 Å². The molecule has 0 bridgehead atoms. The normalized spacial score (nSPS) is 10.8. The highest BCUT2D eigenvalue weighted by Gasteiger charge is 2.11. The average molecular weight is 401 g/mol. The van der Waals surface area contributed by atoms with Crippen molar-refractivity contribution < 1.29 is 13.9 Å². The summed E-state index contributed by atoms with van der Waals surface area (Å²) in [5.74, 6) is 1.33. The Morgan fingerprint density at radius 2 is 2.04 bits per heavy atom. The molecule has 1 amide bonds. The number of carbonyl (C=O) groups is 1. The molecule has 8 nitrogen and oxygen atoms in total. The molecule has 0 aliphatic heterocycles. The topological polar surface area (TPSA) is 95.1 Å². The van der Waals surface area contributed by atoms with Gasteiger partial charge in [-0.05, 0) is 50.6 Å². The number of rotatable bonds is 9. The fourth-order valence-corrected chi connectivity index (χ4v) is 3.25. The van der Waals surface area contributed by atoms with Crippen molar-refractivity contribution in [3.05, 3.63) is 41.7 Å². The molecular weight excluding hydrogens is 378 g/mol. The number of carbonyl (C=O) groups excluding carboxylic acids is 1. The second-order valence-corrected chi connectivity index (χ2v) is 7.17. The number of aryl methyl sites for hydroxylation is 3. The van der Waals surface area contributed by atoms with Gasteiger partial charge in [-0.25, -0.2) is 0 Å². The first-order chi connectivity index (χ1) is 13.5. The molecule has 2 aromatic heterocycles. The van der Waals surface area contributed by atoms with E-state index < -0.39 is 0 Å². The first-order valence-corrected chi connectivity index (χ1v) is 9.92. The highest BCUT2D eigenvalue weighted by Crippen LogP contribution is 2.24. The number of thioether (sulfide) groups is 1. The van der Waals surface area contributed by atoms with Crippen LogP contribution in [0.5, 0.6) is 5.75 Å². The third-order valence-electron chi connectivity index (χ3n) is 4.04. The van der Waals surface area contributed by atoms with Gasteiger partial charge in [-0.2, -0.15) is 5.10 Å². The summed E-state index contributed by atoms with van der Waals surface area (Å²) in [5, 5.41) is 15.7. The largest absolute Gasteiger partial charge is 0.497 e. The molecule has 0 aliphatic rings. The van der Waals surface area contributed by atoms with E-state index in [9.17, 15) is 4.79 Å². The van der Waals surface area contributed by atoms with Crippen LogP contribution in [0, 0.1) is 13.8 Å². The van der Waals surface area contributed by atoms with Crippen LogP contribution in [0.3, 0.4) is 0 Å². The maximum absolute atomic E-state index is 12.0. The molecule has 0 saturated heterocycles. The summed E-state index contributed by atoms with van der Waals surface area (Å²) in [6.07, 6.45) is 0.820. The van der Waals surface area contributed by atoms with Gasteiger partial charge in [0.05, 0.1) is 18.6 Å². The van der Waals surface area contributed by atoms with E-state index in [1.54, 1.807) is 7.11 Å². The van der Waals surface area contributed by atoms with Crippen LogP contribution in [0.4, 0.5) is 0 Å². The highest BCUT2D eigenvalue weighted by atomic mass is 32.2. The van der Waals surface area contributed by atoms with E-state index in [0.29, 0.717) is 17.7 Å². The molecule has 0 fully saturated rings. The van der Waals surface area contributed by atoms with Gasteiger partial charge in [0.1, 0.15) is 5.75 Å². The number of benzene rings is 1. The summed E-state index contributed by atoms with van der Waals surface area (Å²) < 4.78 is 12.7. The molecule has 0 unspecified atom stereocenters. The summed E-state index contributed by atoms with van der Waals surface area (Å²) in [5.41, 5.74) is 2.93. The molecule has 28 heavy (non-hydrogen) atoms. The van der Waals surface area contributed by atoms with Gasteiger partial charge in [0.15, 0.2) is 0 Å². The average Bonchev–Trinajstić information content (AvgIpc) is 3.29. The van der Waals surface area contributed by atoms with E-state index in [1.807, 2.05) is 48.9 Å². The van der Waals surface area contributed by atoms with Crippen LogP contribution in [0.15, 0.2) is 40.0 Å². The van der Waals surface area contributed by atoms with Crippen LogP contribution >= 0.6 is 11.8 Å². The van der Waals surface area contributed by atoms with Crippen molar-refractivity contribution in [3.8, 4) is 17.2 Å². The number of nitrogens with one attached hydrogen (secondary N) is 1. The number of hydrogen-bond acceptors (Lipinski definition) is 7. The zero-order chi connectivity index (χ0) is 19.9. The molecule has 0 spiro atoms. The monoisotopic (exact) mass is 401 g/mol. The van der Waals surface area contributed by atoms with Crippen LogP contribution in [0.1, 0.15) is 17.8 Å². The number of ether oxygens (including phenoxy) is 1. The second kappa shape index (κ2) is 9.41. The third kappa shape index (κ3) is 5.35. The molecule has 1 N–H and O–H groups in total. The smallest absolute Gasteiger partial charge is 0.277 e. The molecule has 0 saturated carbocycles. The number of amides is 1. The van der Waals surface area contributed by atoms with E-state index in [-0.39, 0.29) is 11.7 Å². The van der Waals surface area contributed by atoms with Gasteiger partial charge in [0.2, 0.25) is 11.8 Å². The minimum atomic E-state index is -0.0671. The minimum absolute atomic E-state index is 0.0671. The maximum atomic E-state index is 12.0. The van der Waals surface area contributed by atoms with E-state index >= 15 is 0 Å². The van der Waals surface area contributed by atoms with Crippen molar-refractivity contribution >= 4 is 17.7 Å². The Hall–Kier alpha value is -2.81. The first kappa shape index (κ1) is 19.9. The molecular formula is C19H23N5O3S. The maximum Gasteiger partial charge on any atom is 0.277 e. The highest BCUT2D eigenvalue weighted by molar-refractivity contribution is 7.99. The van der Waals surface area contributed by atoms with Crippen LogP contribution in [0.25, 0.3) is 11.5 Å². The summed E-state index contributed by atoms with van der Waals surface area (Å²) >= 11 is 1.22. The van der Waals surface area contributed by atoms with Crippen LogP contribution in [0.2, 0.25) is 0 Å². The Bertz CT molecular complexity index is 920. The van der Waals surface area contributed by atoms with Crippen molar-refractivity contribution in [2.24, 2.45) is 0 Å². The van der Waals surface area contributed by atoms with Crippen LogP contribution in [-0.4, -0.2) is 45.3 Å². The predicted molar refractivity (Wildman–Crippen MR) is 106 cm³/mol. The lowest BCUT2D eigenvalue weighted by atomic mass is 10.2. The first-order valence-electron chi connectivity index (χ1n) is 8.93. The SMILES string of the molecule is COc1ccc(-c2nnc(SCC(=O)NCCCn3nc(C)cc3C)o2)cc1. The zero-order valence-electron chi connectivity index (χ0n) is 16.1. The predicted octanol–water partition coefficient (Wildman–Crippen LogP) is 2.86. The number of hydrogen-bond donors (Lipinski definition) is 1. The fourth-order valence-electron chi connectivity index (χ4n) is 2.65. The third-order valence-corrected chi connectivity index (χ3v) is 4.86. The summed E-state index contributed by atoms with van der Waals surface area (Å²) in [4.78, 5) is 12.0. The van der Waals surface area contributed by atoms with E-state index in [4.69, 9.17) is 9.15 Å². The van der Waals surface area contributed by atoms with Gasteiger partial charge in [0.25, 0.3) is 5.22 Å². The zero-order valence-corrected chi connectivity index (χ0v) is 17.0. The lowest BCUT2D eigenvalue weighted by molar-refractivity contribution is -0.118. The van der Waals surface area contributed by atoms with Crippen molar-refractivity contribution in [2.45, 2.75) is 32.0 Å². The number of nitrogens with zero attached hydrogens (tertiary/aromatic N) is 4. The molecule has 0 aliphatic carbocycles. The number of aromatic nitrogens is 4. The van der Waals surface area contributed by atoms with Crippen molar-refractivity contribution in [1.29, 1.82) is 0 Å². The Kier molecular flexibility index (Phi) is 6.70. The van der Waals surface area contributed by atoms with Gasteiger partial charge in [-0.15, -0.1) is 10.2 Å². The molecule has 0 radical (unpaired) electrons. The lowest BCUT2D eigenvalue weighted by Crippen LogP contribution is -2.27. The lowest BCUT2D eigenvalue weighted by Gasteiger charge is -2.06. The second-order valence-electron chi connectivity index (χ2n) is 6.24. The number of methoxy groups -OCH3 is 1. The van der Waals surface area contributed by atoms with E-state index in [0.717, 1.165) is 35.7 Å². The molecule has 9 heteroatoms. The molecule has 3 aromatic rings. The summed E-state index contributed by atoms with van der Waals surface area (Å²) in [7, 11) is 1.61. The summed E-state index contributed by atoms with van der Waals surface area (Å²) in [6, 6.07) is 9.38. The van der Waals surface area contributed by atoms with Gasteiger partial charge >= 0.3 is 0 Å². The van der Waals surface area contributed by atoms with Crippen molar-refractivity contribution in [2.75, 3.05) is 19.4 Å². The van der Waals surface area contributed by atoms with Gasteiger partial charge in [0, 0.05) is 24.3 Å². The standard InChI is InChI=1S/C19H23N5O3S/c1-13-11-14(2)24(23-13)10-4-9-20-17(25)12-28-19-22-21-18(27-19)15-5-7-16(26-3)8-6-15/h5-8,11H,4,9-10,12H2,1-3H3,(H,20,25). The van der Waals surface area contributed by atoms with Crippen LogP contribution < -0.4 is 10.1 Å². The molecule has 1 aromatic carbocycles. The molecule has 2 heterocycles. The molecule has 148 valence electrons. The van der Waals surface area contributed by atoms with Gasteiger partial charge < -0.3 is 14.5 Å². The minimum Gasteiger partial charge on any atom is -0.497 e. The summed E-state index contributed by atoms with van der Waals surface area (Å²) in [6.45, 7) is 5.38. The Morgan fingerprint density at radius 1 is 1.25 bits per heavy atom. The molecule has 3 rings (SSSR count). The van der Waals surface area contributed by atoms with E-state index in [1.165, 1.54) is 11.8 Å². The Morgan fingerprint density at radius 3 is 2.71 bits per heavy atom. The fraction of sp³-hybridized carbons (Fsp3) is 0.368. The van der Waals surface area contributed by atoms with Gasteiger partial charge in [-0.3, -0.25) is 9.48 Å².